The Balaban J connectivity index is 2.09. The second-order valence-corrected chi connectivity index (χ2v) is 5.32. The molecule has 0 spiro atoms. The number of hydrogen-bond acceptors (Lipinski definition) is 5. The van der Waals surface area contributed by atoms with Crippen molar-refractivity contribution in [1.29, 1.82) is 0 Å². The number of nitrogens with zero attached hydrogens (tertiary/aromatic N) is 1. The molecular formula is C13H15Cl2NO4. The molecule has 0 saturated carbocycles. The van der Waals surface area contributed by atoms with Crippen molar-refractivity contribution in [3.05, 3.63) is 33.8 Å². The van der Waals surface area contributed by atoms with Crippen LogP contribution in [0.25, 0.3) is 0 Å². The van der Waals surface area contributed by atoms with E-state index in [1.165, 1.54) is 0 Å². The van der Waals surface area contributed by atoms with E-state index in [1.807, 2.05) is 6.92 Å². The third-order valence-electron chi connectivity index (χ3n) is 2.98. The monoisotopic (exact) mass is 319 g/mol. The zero-order chi connectivity index (χ0) is 14.7. The Bertz CT molecular complexity index is 489. The molecule has 2 rings (SSSR count). The third kappa shape index (κ3) is 3.24. The van der Waals surface area contributed by atoms with Gasteiger partial charge >= 0.3 is 0 Å². The van der Waals surface area contributed by atoms with Gasteiger partial charge in [0.1, 0.15) is 6.10 Å². The molecule has 0 amide bonds. The van der Waals surface area contributed by atoms with Gasteiger partial charge in [-0.15, -0.1) is 0 Å². The first kappa shape index (κ1) is 15.5. The van der Waals surface area contributed by atoms with Crippen LogP contribution in [-0.2, 0) is 9.57 Å². The summed E-state index contributed by atoms with van der Waals surface area (Å²) in [5, 5.41) is 23.0. The normalized spacial score (nSPS) is 23.4. The van der Waals surface area contributed by atoms with Gasteiger partial charge in [-0.25, -0.2) is 0 Å². The molecular weight excluding hydrogens is 305 g/mol. The molecule has 1 aliphatic heterocycles. The summed E-state index contributed by atoms with van der Waals surface area (Å²) < 4.78 is 5.37. The summed E-state index contributed by atoms with van der Waals surface area (Å²) in [6.07, 6.45) is -1.59. The van der Waals surface area contributed by atoms with Gasteiger partial charge in [-0.3, -0.25) is 0 Å². The standard InChI is InChI=1S/C13H15Cl2NO4/c1-7-12(11-9(14)3-2-4-10(11)15)16-20-13(7)19-6-8(18)5-17/h2-4,7-8,13,17-18H,5-6H2,1H3. The van der Waals surface area contributed by atoms with Crippen LogP contribution in [0.3, 0.4) is 0 Å². The molecule has 1 heterocycles. The first-order chi connectivity index (χ1) is 9.54. The molecule has 0 aromatic heterocycles. The molecule has 7 heteroatoms. The average molecular weight is 320 g/mol. The molecule has 1 aromatic carbocycles. The fraction of sp³-hybridized carbons (Fsp3) is 0.462. The molecule has 3 atom stereocenters. The predicted molar refractivity (Wildman–Crippen MR) is 76.1 cm³/mol. The van der Waals surface area contributed by atoms with E-state index < -0.39 is 12.4 Å². The van der Waals surface area contributed by atoms with E-state index >= 15 is 0 Å². The first-order valence-corrected chi connectivity index (χ1v) is 6.88. The van der Waals surface area contributed by atoms with Gasteiger partial charge in [0.05, 0.1) is 34.9 Å². The SMILES string of the molecule is CC1C(c2c(Cl)cccc2Cl)=NOC1OCC(O)CO. The maximum atomic E-state index is 9.27. The number of aliphatic hydroxyl groups excluding tert-OH is 2. The van der Waals surface area contributed by atoms with E-state index in [0.29, 0.717) is 21.3 Å². The lowest BCUT2D eigenvalue weighted by Crippen LogP contribution is -2.29. The third-order valence-corrected chi connectivity index (χ3v) is 3.61. The molecule has 0 fully saturated rings. The van der Waals surface area contributed by atoms with Gasteiger partial charge in [0.25, 0.3) is 0 Å². The van der Waals surface area contributed by atoms with Crippen LogP contribution in [0.2, 0.25) is 10.0 Å². The smallest absolute Gasteiger partial charge is 0.235 e. The van der Waals surface area contributed by atoms with Crippen molar-refractivity contribution >= 4 is 28.9 Å². The quantitative estimate of drug-likeness (QED) is 0.871. The zero-order valence-corrected chi connectivity index (χ0v) is 12.3. The van der Waals surface area contributed by atoms with Crippen molar-refractivity contribution in [3.8, 4) is 0 Å². The summed E-state index contributed by atoms with van der Waals surface area (Å²) in [4.78, 5) is 5.19. The fourth-order valence-electron chi connectivity index (χ4n) is 1.86. The van der Waals surface area contributed by atoms with Crippen LogP contribution in [0.15, 0.2) is 23.4 Å². The molecule has 0 bridgehead atoms. The molecule has 0 radical (unpaired) electrons. The van der Waals surface area contributed by atoms with E-state index in [1.54, 1.807) is 18.2 Å². The summed E-state index contributed by atoms with van der Waals surface area (Å²) in [6.45, 7) is 1.46. The first-order valence-electron chi connectivity index (χ1n) is 6.13. The van der Waals surface area contributed by atoms with Gasteiger partial charge < -0.3 is 19.8 Å². The van der Waals surface area contributed by atoms with Crippen LogP contribution in [0.1, 0.15) is 12.5 Å². The minimum Gasteiger partial charge on any atom is -0.394 e. The molecule has 1 aliphatic rings. The number of aliphatic hydroxyl groups is 2. The zero-order valence-electron chi connectivity index (χ0n) is 10.8. The van der Waals surface area contributed by atoms with Gasteiger partial charge in [-0.05, 0) is 12.1 Å². The average Bonchev–Trinajstić information content (AvgIpc) is 2.77. The summed E-state index contributed by atoms with van der Waals surface area (Å²) in [5.41, 5.74) is 1.22. The number of oxime groups is 1. The van der Waals surface area contributed by atoms with Crippen molar-refractivity contribution in [2.24, 2.45) is 11.1 Å². The van der Waals surface area contributed by atoms with Crippen LogP contribution in [0.5, 0.6) is 0 Å². The van der Waals surface area contributed by atoms with E-state index in [4.69, 9.17) is 37.9 Å². The van der Waals surface area contributed by atoms with Crippen LogP contribution >= 0.6 is 23.2 Å². The van der Waals surface area contributed by atoms with E-state index in [9.17, 15) is 5.11 Å². The summed E-state index contributed by atoms with van der Waals surface area (Å²) in [7, 11) is 0. The molecule has 5 nitrogen and oxygen atoms in total. The number of benzene rings is 1. The predicted octanol–water partition coefficient (Wildman–Crippen LogP) is 2.06. The Kier molecular flexibility index (Phi) is 5.23. The van der Waals surface area contributed by atoms with Gasteiger partial charge in [0.15, 0.2) is 0 Å². The summed E-state index contributed by atoms with van der Waals surface area (Å²) in [5.74, 6) is -0.196. The molecule has 0 saturated heterocycles. The Labute approximate surface area is 126 Å². The summed E-state index contributed by atoms with van der Waals surface area (Å²) in [6, 6.07) is 5.20. The molecule has 20 heavy (non-hydrogen) atoms. The van der Waals surface area contributed by atoms with Gasteiger partial charge in [-0.1, -0.05) is 41.3 Å². The van der Waals surface area contributed by atoms with Crippen LogP contribution in [0.4, 0.5) is 0 Å². The highest BCUT2D eigenvalue weighted by Crippen LogP contribution is 2.32. The largest absolute Gasteiger partial charge is 0.394 e. The lowest BCUT2D eigenvalue weighted by molar-refractivity contribution is -0.160. The van der Waals surface area contributed by atoms with Crippen LogP contribution < -0.4 is 0 Å². The van der Waals surface area contributed by atoms with Crippen molar-refractivity contribution in [2.75, 3.05) is 13.2 Å². The van der Waals surface area contributed by atoms with Gasteiger partial charge in [0.2, 0.25) is 6.29 Å². The van der Waals surface area contributed by atoms with Crippen LogP contribution in [0, 0.1) is 5.92 Å². The molecule has 1 aromatic rings. The lowest BCUT2D eigenvalue weighted by atomic mass is 9.98. The molecule has 2 N–H and O–H groups in total. The highest BCUT2D eigenvalue weighted by Gasteiger charge is 2.34. The second kappa shape index (κ2) is 6.74. The Morgan fingerprint density at radius 2 is 2.05 bits per heavy atom. The Morgan fingerprint density at radius 1 is 1.40 bits per heavy atom. The van der Waals surface area contributed by atoms with E-state index in [0.717, 1.165) is 0 Å². The Hall–Kier alpha value is -0.850. The van der Waals surface area contributed by atoms with E-state index in [-0.39, 0.29) is 19.1 Å². The topological polar surface area (TPSA) is 71.3 Å². The number of ether oxygens (including phenoxy) is 1. The lowest BCUT2D eigenvalue weighted by Gasteiger charge is -2.17. The van der Waals surface area contributed by atoms with Gasteiger partial charge in [-0.2, -0.15) is 0 Å². The van der Waals surface area contributed by atoms with Crippen molar-refractivity contribution in [2.45, 2.75) is 19.3 Å². The fourth-order valence-corrected chi connectivity index (χ4v) is 2.45. The summed E-state index contributed by atoms with van der Waals surface area (Å²) >= 11 is 12.3. The maximum absolute atomic E-state index is 9.27. The van der Waals surface area contributed by atoms with E-state index in [2.05, 4.69) is 5.16 Å². The maximum Gasteiger partial charge on any atom is 0.235 e. The molecule has 0 aliphatic carbocycles. The van der Waals surface area contributed by atoms with Gasteiger partial charge in [0, 0.05) is 5.56 Å². The minimum absolute atomic E-state index is 0.0371. The van der Waals surface area contributed by atoms with Crippen LogP contribution in [-0.4, -0.2) is 41.5 Å². The number of rotatable bonds is 5. The highest BCUT2D eigenvalue weighted by atomic mass is 35.5. The number of halogens is 2. The van der Waals surface area contributed by atoms with Crippen molar-refractivity contribution in [1.82, 2.24) is 0 Å². The number of hydrogen-bond donors (Lipinski definition) is 2. The molecule has 110 valence electrons. The Morgan fingerprint density at radius 3 is 2.65 bits per heavy atom. The molecule has 3 unspecified atom stereocenters. The highest BCUT2D eigenvalue weighted by molar-refractivity contribution is 6.40. The van der Waals surface area contributed by atoms with Crippen molar-refractivity contribution < 1.29 is 19.8 Å². The minimum atomic E-state index is -0.946. The second-order valence-electron chi connectivity index (χ2n) is 4.51. The van der Waals surface area contributed by atoms with Crippen molar-refractivity contribution in [3.63, 3.8) is 0 Å².